The molecule has 0 aliphatic rings. The third-order valence-electron chi connectivity index (χ3n) is 3.53. The summed E-state index contributed by atoms with van der Waals surface area (Å²) in [4.78, 5) is 16.5. The molecule has 0 fully saturated rings. The molecule has 0 radical (unpaired) electrons. The maximum absolute atomic E-state index is 11.8. The lowest BCUT2D eigenvalue weighted by Gasteiger charge is -2.20. The first kappa shape index (κ1) is 18.2. The highest BCUT2D eigenvalue weighted by molar-refractivity contribution is 6.83. The van der Waals surface area contributed by atoms with Crippen LogP contribution in [0.5, 0.6) is 0 Å². The number of aromatic nitrogens is 2. The fourth-order valence-electron chi connectivity index (χ4n) is 2.42. The molecule has 2 rings (SSSR count). The summed E-state index contributed by atoms with van der Waals surface area (Å²) < 4.78 is 2.01. The van der Waals surface area contributed by atoms with Crippen molar-refractivity contribution in [2.45, 2.75) is 52.4 Å². The quantitative estimate of drug-likeness (QED) is 0.476. The number of benzene rings is 1. The lowest BCUT2D eigenvalue weighted by atomic mass is 9.95. The standard InChI is InChI=1S/C20H26N2OSi/c1-20(2,3)19-21-17(12-13-24(4,5)6)18(15-23)22(19)14-16-10-8-7-9-11-16/h7-11,15H,14H2,1-6H3. The lowest BCUT2D eigenvalue weighted by molar-refractivity contribution is 0.111. The molecule has 2 aromatic rings. The fourth-order valence-corrected chi connectivity index (χ4v) is 2.92. The van der Waals surface area contributed by atoms with Crippen molar-refractivity contribution in [1.82, 2.24) is 9.55 Å². The van der Waals surface area contributed by atoms with Crippen LogP contribution in [0.25, 0.3) is 0 Å². The summed E-state index contributed by atoms with van der Waals surface area (Å²) in [5.41, 5.74) is 5.49. The molecular formula is C20H26N2OSi. The maximum atomic E-state index is 11.8. The van der Waals surface area contributed by atoms with E-state index < -0.39 is 8.07 Å². The van der Waals surface area contributed by atoms with Crippen molar-refractivity contribution in [3.8, 4) is 11.5 Å². The van der Waals surface area contributed by atoms with Crippen molar-refractivity contribution < 1.29 is 4.79 Å². The predicted octanol–water partition coefficient (Wildman–Crippen LogP) is 4.27. The van der Waals surface area contributed by atoms with Crippen molar-refractivity contribution in [2.75, 3.05) is 0 Å². The third kappa shape index (κ3) is 4.45. The van der Waals surface area contributed by atoms with Crippen molar-refractivity contribution in [3.63, 3.8) is 0 Å². The molecule has 4 heteroatoms. The Kier molecular flexibility index (Phi) is 5.15. The SMILES string of the molecule is CC(C)(C)c1nc(C#C[Si](C)(C)C)c(C=O)n1Cc1ccccc1. The molecule has 0 aliphatic heterocycles. The first-order valence-electron chi connectivity index (χ1n) is 8.25. The van der Waals surface area contributed by atoms with E-state index in [1.54, 1.807) is 0 Å². The Morgan fingerprint density at radius 3 is 2.29 bits per heavy atom. The van der Waals surface area contributed by atoms with E-state index in [0.717, 1.165) is 17.7 Å². The van der Waals surface area contributed by atoms with Gasteiger partial charge >= 0.3 is 0 Å². The Labute approximate surface area is 146 Å². The molecule has 0 saturated heterocycles. The highest BCUT2D eigenvalue weighted by Crippen LogP contribution is 2.25. The van der Waals surface area contributed by atoms with Crippen LogP contribution in [0.3, 0.4) is 0 Å². The largest absolute Gasteiger partial charge is 0.320 e. The van der Waals surface area contributed by atoms with Gasteiger partial charge in [0.25, 0.3) is 0 Å². The number of imidazole rings is 1. The van der Waals surface area contributed by atoms with Gasteiger partial charge in [0.1, 0.15) is 25.3 Å². The lowest BCUT2D eigenvalue weighted by Crippen LogP contribution is -2.20. The first-order valence-corrected chi connectivity index (χ1v) is 11.7. The van der Waals surface area contributed by atoms with Crippen molar-refractivity contribution in [1.29, 1.82) is 0 Å². The third-order valence-corrected chi connectivity index (χ3v) is 4.40. The first-order chi connectivity index (χ1) is 11.1. The zero-order chi connectivity index (χ0) is 18.0. The van der Waals surface area contributed by atoms with Crippen molar-refractivity contribution in [2.24, 2.45) is 0 Å². The molecule has 0 atom stereocenters. The summed E-state index contributed by atoms with van der Waals surface area (Å²) in [6.07, 6.45) is 0.888. The average molecular weight is 339 g/mol. The Bertz CT molecular complexity index is 781. The van der Waals surface area contributed by atoms with Crippen LogP contribution in [-0.2, 0) is 12.0 Å². The van der Waals surface area contributed by atoms with Gasteiger partial charge in [-0.2, -0.15) is 0 Å². The Morgan fingerprint density at radius 1 is 1.17 bits per heavy atom. The summed E-state index contributed by atoms with van der Waals surface area (Å²) >= 11 is 0. The number of hydrogen-bond donors (Lipinski definition) is 0. The molecule has 0 aliphatic carbocycles. The van der Waals surface area contributed by atoms with Gasteiger partial charge in [-0.15, -0.1) is 5.54 Å². The molecule has 0 N–H and O–H groups in total. The average Bonchev–Trinajstić information content (AvgIpc) is 2.83. The van der Waals surface area contributed by atoms with Crippen LogP contribution in [0.4, 0.5) is 0 Å². The highest BCUT2D eigenvalue weighted by Gasteiger charge is 2.25. The van der Waals surface area contributed by atoms with Crippen LogP contribution in [0.15, 0.2) is 30.3 Å². The molecular weight excluding hydrogens is 312 g/mol. The Hall–Kier alpha value is -2.12. The summed E-state index contributed by atoms with van der Waals surface area (Å²) in [5.74, 6) is 4.07. The van der Waals surface area contributed by atoms with Crippen LogP contribution >= 0.6 is 0 Å². The monoisotopic (exact) mass is 338 g/mol. The van der Waals surface area contributed by atoms with E-state index in [0.29, 0.717) is 17.9 Å². The number of rotatable bonds is 3. The van der Waals surface area contributed by atoms with Crippen LogP contribution in [-0.4, -0.2) is 23.9 Å². The molecule has 1 heterocycles. The van der Waals surface area contributed by atoms with E-state index in [9.17, 15) is 4.79 Å². The van der Waals surface area contributed by atoms with Gasteiger partial charge in [-0.25, -0.2) is 4.98 Å². The van der Waals surface area contributed by atoms with Gasteiger partial charge in [0.2, 0.25) is 0 Å². The molecule has 0 saturated carbocycles. The van der Waals surface area contributed by atoms with E-state index >= 15 is 0 Å². The normalized spacial score (nSPS) is 11.8. The number of carbonyl (C=O) groups is 1. The molecule has 126 valence electrons. The summed E-state index contributed by atoms with van der Waals surface area (Å²) in [6.45, 7) is 13.5. The fraction of sp³-hybridized carbons (Fsp3) is 0.400. The molecule has 1 aromatic heterocycles. The molecule has 0 bridgehead atoms. The molecule has 1 aromatic carbocycles. The number of carbonyl (C=O) groups excluding carboxylic acids is 1. The van der Waals surface area contributed by atoms with Gasteiger partial charge < -0.3 is 4.57 Å². The van der Waals surface area contributed by atoms with Crippen LogP contribution in [0.1, 0.15) is 48.3 Å². The maximum Gasteiger partial charge on any atom is 0.169 e. The second-order valence-electron chi connectivity index (χ2n) is 8.11. The van der Waals surface area contributed by atoms with Gasteiger partial charge in [0.05, 0.1) is 0 Å². The topological polar surface area (TPSA) is 34.9 Å². The van der Waals surface area contributed by atoms with E-state index in [1.807, 2.05) is 22.8 Å². The van der Waals surface area contributed by atoms with Crippen molar-refractivity contribution >= 4 is 14.4 Å². The number of hydrogen-bond acceptors (Lipinski definition) is 2. The van der Waals surface area contributed by atoms with Gasteiger partial charge in [-0.3, -0.25) is 4.79 Å². The van der Waals surface area contributed by atoms with Crippen molar-refractivity contribution in [3.05, 3.63) is 53.1 Å². The Morgan fingerprint density at radius 2 is 1.79 bits per heavy atom. The van der Waals surface area contributed by atoms with E-state index in [-0.39, 0.29) is 5.41 Å². The van der Waals surface area contributed by atoms with E-state index in [2.05, 4.69) is 64.0 Å². The number of aldehydes is 1. The zero-order valence-corrected chi connectivity index (χ0v) is 16.5. The summed E-state index contributed by atoms with van der Waals surface area (Å²) in [6, 6.07) is 10.1. The molecule has 0 spiro atoms. The van der Waals surface area contributed by atoms with Crippen LogP contribution in [0, 0.1) is 11.5 Å². The minimum Gasteiger partial charge on any atom is -0.320 e. The number of nitrogens with zero attached hydrogens (tertiary/aromatic N) is 2. The van der Waals surface area contributed by atoms with E-state index in [1.165, 1.54) is 0 Å². The molecule has 24 heavy (non-hydrogen) atoms. The van der Waals surface area contributed by atoms with Crippen LogP contribution in [0.2, 0.25) is 19.6 Å². The molecule has 0 unspecified atom stereocenters. The minimum atomic E-state index is -1.53. The zero-order valence-electron chi connectivity index (χ0n) is 15.5. The Balaban J connectivity index is 2.59. The smallest absolute Gasteiger partial charge is 0.169 e. The second-order valence-corrected chi connectivity index (χ2v) is 12.9. The second kappa shape index (κ2) is 6.78. The molecule has 0 amide bonds. The van der Waals surface area contributed by atoms with Crippen LogP contribution < -0.4 is 0 Å². The minimum absolute atomic E-state index is 0.161. The summed E-state index contributed by atoms with van der Waals surface area (Å²) in [7, 11) is -1.53. The van der Waals surface area contributed by atoms with Gasteiger partial charge in [-0.1, -0.05) is 76.7 Å². The summed E-state index contributed by atoms with van der Waals surface area (Å²) in [5, 5.41) is 0. The van der Waals surface area contributed by atoms with E-state index in [4.69, 9.17) is 4.98 Å². The predicted molar refractivity (Wildman–Crippen MR) is 102 cm³/mol. The molecule has 3 nitrogen and oxygen atoms in total. The highest BCUT2D eigenvalue weighted by atomic mass is 28.3. The van der Waals surface area contributed by atoms with Gasteiger partial charge in [-0.05, 0) is 5.56 Å². The van der Waals surface area contributed by atoms with Gasteiger partial charge in [0.15, 0.2) is 6.29 Å². The van der Waals surface area contributed by atoms with Gasteiger partial charge in [0, 0.05) is 12.0 Å².